The SMILES string of the molecule is FC(F)(F)c1cccc(OCc2cc(Br)cs2)c1. The van der Waals surface area contributed by atoms with Crippen LogP contribution in [-0.2, 0) is 12.8 Å². The van der Waals surface area contributed by atoms with Crippen molar-refractivity contribution in [2.45, 2.75) is 12.8 Å². The second-order valence-electron chi connectivity index (χ2n) is 3.55. The molecule has 0 N–H and O–H groups in total. The van der Waals surface area contributed by atoms with E-state index in [1.807, 2.05) is 11.4 Å². The van der Waals surface area contributed by atoms with Gasteiger partial charge < -0.3 is 4.74 Å². The number of rotatable bonds is 3. The van der Waals surface area contributed by atoms with Gasteiger partial charge in [-0.3, -0.25) is 0 Å². The summed E-state index contributed by atoms with van der Waals surface area (Å²) in [4.78, 5) is 0.944. The lowest BCUT2D eigenvalue weighted by molar-refractivity contribution is -0.137. The molecule has 1 heterocycles. The smallest absolute Gasteiger partial charge is 0.416 e. The molecule has 0 saturated heterocycles. The number of alkyl halides is 3. The lowest BCUT2D eigenvalue weighted by atomic mass is 10.2. The van der Waals surface area contributed by atoms with Gasteiger partial charge in [0, 0.05) is 14.7 Å². The molecule has 0 radical (unpaired) electrons. The van der Waals surface area contributed by atoms with E-state index < -0.39 is 11.7 Å². The number of thiophene rings is 1. The Morgan fingerprint density at radius 2 is 2.00 bits per heavy atom. The first-order chi connectivity index (χ1) is 8.45. The number of benzene rings is 1. The monoisotopic (exact) mass is 336 g/mol. The molecule has 0 saturated carbocycles. The molecule has 1 nitrogen and oxygen atoms in total. The van der Waals surface area contributed by atoms with Gasteiger partial charge in [-0.05, 0) is 40.2 Å². The first-order valence-electron chi connectivity index (χ1n) is 4.98. The first-order valence-corrected chi connectivity index (χ1v) is 6.65. The lowest BCUT2D eigenvalue weighted by Crippen LogP contribution is -2.05. The predicted octanol–water partition coefficient (Wildman–Crippen LogP) is 5.11. The highest BCUT2D eigenvalue weighted by molar-refractivity contribution is 9.10. The third kappa shape index (κ3) is 3.49. The van der Waals surface area contributed by atoms with E-state index in [-0.39, 0.29) is 12.4 Å². The van der Waals surface area contributed by atoms with Crippen molar-refractivity contribution in [2.24, 2.45) is 0 Å². The van der Waals surface area contributed by atoms with E-state index in [0.29, 0.717) is 0 Å². The molecule has 0 fully saturated rings. The quantitative estimate of drug-likeness (QED) is 0.756. The third-order valence-corrected chi connectivity index (χ3v) is 3.84. The van der Waals surface area contributed by atoms with Gasteiger partial charge >= 0.3 is 6.18 Å². The Morgan fingerprint density at radius 3 is 2.61 bits per heavy atom. The molecular weight excluding hydrogens is 329 g/mol. The second kappa shape index (κ2) is 5.32. The van der Waals surface area contributed by atoms with Crippen LogP contribution in [0, 0.1) is 0 Å². The van der Waals surface area contributed by atoms with Crippen molar-refractivity contribution in [3.05, 3.63) is 50.6 Å². The maximum atomic E-state index is 12.5. The van der Waals surface area contributed by atoms with Crippen molar-refractivity contribution >= 4 is 27.3 Å². The predicted molar refractivity (Wildman–Crippen MR) is 67.8 cm³/mol. The molecule has 0 unspecified atom stereocenters. The van der Waals surface area contributed by atoms with E-state index in [2.05, 4.69) is 15.9 Å². The van der Waals surface area contributed by atoms with E-state index in [1.54, 1.807) is 0 Å². The highest BCUT2D eigenvalue weighted by Crippen LogP contribution is 2.31. The Balaban J connectivity index is 2.06. The van der Waals surface area contributed by atoms with Crippen LogP contribution in [0.2, 0.25) is 0 Å². The molecule has 0 amide bonds. The molecule has 0 atom stereocenters. The lowest BCUT2D eigenvalue weighted by Gasteiger charge is -2.09. The summed E-state index contributed by atoms with van der Waals surface area (Å²) in [6.07, 6.45) is -4.34. The molecule has 2 aromatic rings. The molecule has 1 aromatic carbocycles. The Kier molecular flexibility index (Phi) is 3.97. The number of hydrogen-bond acceptors (Lipinski definition) is 2. The number of halogens is 4. The highest BCUT2D eigenvalue weighted by Gasteiger charge is 2.30. The molecule has 0 spiro atoms. The van der Waals surface area contributed by atoms with Gasteiger partial charge in [0.15, 0.2) is 0 Å². The van der Waals surface area contributed by atoms with Gasteiger partial charge in [-0.25, -0.2) is 0 Å². The van der Waals surface area contributed by atoms with Gasteiger partial charge in [0.25, 0.3) is 0 Å². The van der Waals surface area contributed by atoms with E-state index in [0.717, 1.165) is 21.5 Å². The van der Waals surface area contributed by atoms with Crippen molar-refractivity contribution in [1.29, 1.82) is 0 Å². The van der Waals surface area contributed by atoms with Crippen molar-refractivity contribution < 1.29 is 17.9 Å². The summed E-state index contributed by atoms with van der Waals surface area (Å²) >= 11 is 4.79. The van der Waals surface area contributed by atoms with Crippen LogP contribution in [0.1, 0.15) is 10.4 Å². The van der Waals surface area contributed by atoms with Gasteiger partial charge in [-0.15, -0.1) is 11.3 Å². The largest absolute Gasteiger partial charge is 0.488 e. The minimum atomic E-state index is -4.34. The summed E-state index contributed by atoms with van der Waals surface area (Å²) in [7, 11) is 0. The van der Waals surface area contributed by atoms with E-state index in [9.17, 15) is 13.2 Å². The topological polar surface area (TPSA) is 9.23 Å². The van der Waals surface area contributed by atoms with E-state index >= 15 is 0 Å². The van der Waals surface area contributed by atoms with Gasteiger partial charge in [0.2, 0.25) is 0 Å². The second-order valence-corrected chi connectivity index (χ2v) is 5.46. The maximum Gasteiger partial charge on any atom is 0.416 e. The van der Waals surface area contributed by atoms with Crippen LogP contribution in [0.4, 0.5) is 13.2 Å². The van der Waals surface area contributed by atoms with Crippen LogP contribution < -0.4 is 4.74 Å². The Morgan fingerprint density at radius 1 is 1.22 bits per heavy atom. The average molecular weight is 337 g/mol. The molecule has 2 rings (SSSR count). The number of ether oxygens (including phenoxy) is 1. The summed E-state index contributed by atoms with van der Waals surface area (Å²) < 4.78 is 43.7. The molecule has 6 heteroatoms. The maximum absolute atomic E-state index is 12.5. The van der Waals surface area contributed by atoms with E-state index in [4.69, 9.17) is 4.74 Å². The summed E-state index contributed by atoms with van der Waals surface area (Å²) in [6.45, 7) is 0.261. The molecule has 0 bridgehead atoms. The summed E-state index contributed by atoms with van der Waals surface area (Å²) in [6, 6.07) is 6.75. The van der Waals surface area contributed by atoms with Crippen LogP contribution in [-0.4, -0.2) is 0 Å². The minimum absolute atomic E-state index is 0.217. The fourth-order valence-electron chi connectivity index (χ4n) is 1.35. The standard InChI is InChI=1S/C12H8BrF3OS/c13-9-5-11(18-7-9)6-17-10-3-1-2-8(4-10)12(14,15)16/h1-5,7H,6H2. The Hall–Kier alpha value is -1.01. The van der Waals surface area contributed by atoms with Crippen molar-refractivity contribution in [3.63, 3.8) is 0 Å². The van der Waals surface area contributed by atoms with Crippen LogP contribution in [0.5, 0.6) is 5.75 Å². The minimum Gasteiger partial charge on any atom is -0.488 e. The zero-order chi connectivity index (χ0) is 13.2. The molecule has 96 valence electrons. The van der Waals surface area contributed by atoms with Gasteiger partial charge in [0.1, 0.15) is 12.4 Å². The van der Waals surface area contributed by atoms with Crippen LogP contribution >= 0.6 is 27.3 Å². The van der Waals surface area contributed by atoms with Gasteiger partial charge in [0.05, 0.1) is 5.56 Å². The average Bonchev–Trinajstić information content (AvgIpc) is 2.72. The fourth-order valence-corrected chi connectivity index (χ4v) is 2.71. The van der Waals surface area contributed by atoms with Crippen LogP contribution in [0.25, 0.3) is 0 Å². The molecule has 0 aliphatic heterocycles. The van der Waals surface area contributed by atoms with Crippen LogP contribution in [0.3, 0.4) is 0 Å². The van der Waals surface area contributed by atoms with Gasteiger partial charge in [-0.2, -0.15) is 13.2 Å². The zero-order valence-corrected chi connectivity index (χ0v) is 11.4. The fraction of sp³-hybridized carbons (Fsp3) is 0.167. The van der Waals surface area contributed by atoms with Crippen molar-refractivity contribution in [2.75, 3.05) is 0 Å². The molecule has 0 aliphatic carbocycles. The molecular formula is C12H8BrF3OS. The van der Waals surface area contributed by atoms with Crippen molar-refractivity contribution in [3.8, 4) is 5.75 Å². The summed E-state index contributed by atoms with van der Waals surface area (Å²) in [5, 5.41) is 1.89. The van der Waals surface area contributed by atoms with Crippen LogP contribution in [0.15, 0.2) is 40.2 Å². The number of hydrogen-bond donors (Lipinski definition) is 0. The Labute approximate surface area is 114 Å². The normalized spacial score (nSPS) is 11.6. The highest BCUT2D eigenvalue weighted by atomic mass is 79.9. The molecule has 0 aliphatic rings. The van der Waals surface area contributed by atoms with E-state index in [1.165, 1.54) is 23.5 Å². The molecule has 1 aromatic heterocycles. The summed E-state index contributed by atoms with van der Waals surface area (Å²) in [5.41, 5.74) is -0.702. The first kappa shape index (κ1) is 13.4. The summed E-state index contributed by atoms with van der Waals surface area (Å²) in [5.74, 6) is 0.217. The molecule has 18 heavy (non-hydrogen) atoms. The van der Waals surface area contributed by atoms with Gasteiger partial charge in [-0.1, -0.05) is 6.07 Å². The van der Waals surface area contributed by atoms with Crippen molar-refractivity contribution in [1.82, 2.24) is 0 Å². The third-order valence-electron chi connectivity index (χ3n) is 2.16. The zero-order valence-electron chi connectivity index (χ0n) is 9.00. The Bertz CT molecular complexity index is 536.